The number of nitrogens with zero attached hydrogens (tertiary/aromatic N) is 2. The molecule has 5 N–H and O–H groups in total. The molecule has 0 radical (unpaired) electrons. The number of hydrogen-bond acceptors (Lipinski definition) is 8. The second kappa shape index (κ2) is 10.9. The number of thiophene rings is 1. The minimum atomic E-state index is -0.454. The molecule has 3 amide bonds. The Balaban J connectivity index is 1.15. The number of carbonyl (C=O) groups excluding carboxylic acids is 3. The van der Waals surface area contributed by atoms with Gasteiger partial charge in [-0.05, 0) is 51.1 Å². The van der Waals surface area contributed by atoms with Crippen LogP contribution in [0.4, 0.5) is 10.5 Å². The highest BCUT2D eigenvalue weighted by Gasteiger charge is 2.36. The monoisotopic (exact) mass is 549 g/mol. The van der Waals surface area contributed by atoms with E-state index in [0.717, 1.165) is 24.4 Å². The fraction of sp³-hybridized carbons (Fsp3) is 0.407. The van der Waals surface area contributed by atoms with Crippen LogP contribution in [0.5, 0.6) is 0 Å². The van der Waals surface area contributed by atoms with E-state index >= 15 is 0 Å². The summed E-state index contributed by atoms with van der Waals surface area (Å²) in [5.74, 6) is -0.345. The first-order valence-corrected chi connectivity index (χ1v) is 14.1. The van der Waals surface area contributed by atoms with Crippen LogP contribution >= 0.6 is 11.3 Å². The second-order valence-electron chi connectivity index (χ2n) is 10.0. The zero-order chi connectivity index (χ0) is 26.9. The Morgan fingerprint density at radius 1 is 1.23 bits per heavy atom. The van der Waals surface area contributed by atoms with Gasteiger partial charge in [0.05, 0.1) is 38.9 Å². The molecule has 2 saturated heterocycles. The maximum atomic E-state index is 13.6. The number of benzene rings is 1. The number of aromatic nitrogens is 2. The molecule has 0 spiro atoms. The van der Waals surface area contributed by atoms with E-state index in [2.05, 4.69) is 43.4 Å². The number of fused-ring (bicyclic) bond motifs is 3. The summed E-state index contributed by atoms with van der Waals surface area (Å²) in [4.78, 5) is 42.7. The molecular weight excluding hydrogens is 518 g/mol. The third kappa shape index (κ3) is 5.08. The predicted molar refractivity (Wildman–Crippen MR) is 148 cm³/mol. The van der Waals surface area contributed by atoms with Crippen LogP contribution in [0.15, 0.2) is 30.3 Å². The molecule has 1 aliphatic carbocycles. The summed E-state index contributed by atoms with van der Waals surface area (Å²) in [6.45, 7) is 3.50. The van der Waals surface area contributed by atoms with E-state index in [0.29, 0.717) is 64.4 Å². The lowest BCUT2D eigenvalue weighted by Gasteiger charge is -2.24. The Labute approximate surface area is 229 Å². The summed E-state index contributed by atoms with van der Waals surface area (Å²) in [7, 11) is 2.13. The van der Waals surface area contributed by atoms with Gasteiger partial charge in [0.15, 0.2) is 5.78 Å². The van der Waals surface area contributed by atoms with Crippen molar-refractivity contribution in [3.63, 3.8) is 0 Å². The molecule has 12 heteroatoms. The highest BCUT2D eigenvalue weighted by Crippen LogP contribution is 2.44. The highest BCUT2D eigenvalue weighted by molar-refractivity contribution is 7.17. The fourth-order valence-corrected chi connectivity index (χ4v) is 6.42. The van der Waals surface area contributed by atoms with Gasteiger partial charge < -0.3 is 30.9 Å². The Kier molecular flexibility index (Phi) is 7.17. The maximum Gasteiger partial charge on any atom is 0.321 e. The molecule has 1 aromatic carbocycles. The molecule has 0 bridgehead atoms. The lowest BCUT2D eigenvalue weighted by molar-refractivity contribution is 0.0156. The van der Waals surface area contributed by atoms with Crippen molar-refractivity contribution < 1.29 is 19.1 Å². The third-order valence-electron chi connectivity index (χ3n) is 7.52. The molecular formula is C27H31N7O4S. The smallest absolute Gasteiger partial charge is 0.321 e. The van der Waals surface area contributed by atoms with E-state index in [4.69, 9.17) is 4.74 Å². The largest absolute Gasteiger partial charge is 0.356 e. The highest BCUT2D eigenvalue weighted by atomic mass is 32.1. The van der Waals surface area contributed by atoms with Crippen LogP contribution in [0.25, 0.3) is 21.8 Å². The van der Waals surface area contributed by atoms with E-state index in [1.165, 1.54) is 24.2 Å². The summed E-state index contributed by atoms with van der Waals surface area (Å²) in [5, 5.41) is 19.2. The van der Waals surface area contributed by atoms with Gasteiger partial charge in [0.1, 0.15) is 11.9 Å². The third-order valence-corrected chi connectivity index (χ3v) is 8.62. The van der Waals surface area contributed by atoms with Gasteiger partial charge in [0.25, 0.3) is 5.91 Å². The van der Waals surface area contributed by atoms with Crippen LogP contribution in [-0.4, -0.2) is 84.9 Å². The lowest BCUT2D eigenvalue weighted by Crippen LogP contribution is -2.50. The van der Waals surface area contributed by atoms with Crippen molar-refractivity contribution in [1.82, 2.24) is 31.0 Å². The van der Waals surface area contributed by atoms with Crippen molar-refractivity contribution >= 4 is 34.7 Å². The maximum absolute atomic E-state index is 13.6. The topological polar surface area (TPSA) is 140 Å². The van der Waals surface area contributed by atoms with E-state index in [9.17, 15) is 14.4 Å². The van der Waals surface area contributed by atoms with Crippen molar-refractivity contribution in [3.05, 3.63) is 46.3 Å². The molecule has 204 valence electrons. The van der Waals surface area contributed by atoms with E-state index in [1.807, 2.05) is 12.1 Å². The van der Waals surface area contributed by atoms with Crippen LogP contribution in [0.3, 0.4) is 0 Å². The fourth-order valence-electron chi connectivity index (χ4n) is 5.50. The van der Waals surface area contributed by atoms with Gasteiger partial charge in [-0.15, -0.1) is 11.3 Å². The van der Waals surface area contributed by atoms with Gasteiger partial charge in [-0.2, -0.15) is 5.10 Å². The number of ketones is 1. The standard InChI is InChI=1S/C27H31N7O4S/c1-34-12-3-4-15(34)9-10-29-26(36)19-8-7-18(39-19)24-22-23(32-33-24)16-5-2-6-17(21(16)25(22)35)30-27(37)31-20-14-28-11-13-38-20/h2,5-8,15,20,28H,3-4,9-14H2,1H3,(H,29,36)(H,32,33)(H2,30,31,37). The molecule has 11 nitrogen and oxygen atoms in total. The summed E-state index contributed by atoms with van der Waals surface area (Å²) < 4.78 is 5.53. The van der Waals surface area contributed by atoms with Crippen LogP contribution < -0.4 is 21.3 Å². The number of urea groups is 1. The van der Waals surface area contributed by atoms with Crippen LogP contribution in [-0.2, 0) is 4.74 Å². The zero-order valence-corrected chi connectivity index (χ0v) is 22.5. The number of amides is 3. The van der Waals surface area contributed by atoms with Crippen molar-refractivity contribution in [1.29, 1.82) is 0 Å². The average Bonchev–Trinajstić information content (AvgIpc) is 3.72. The Hall–Kier alpha value is -3.58. The number of nitrogens with one attached hydrogen (secondary N) is 5. The first-order valence-electron chi connectivity index (χ1n) is 13.2. The predicted octanol–water partition coefficient (Wildman–Crippen LogP) is 2.63. The van der Waals surface area contributed by atoms with Crippen molar-refractivity contribution in [3.8, 4) is 21.8 Å². The number of likely N-dealkylation sites (tertiary alicyclic amines) is 1. The van der Waals surface area contributed by atoms with Gasteiger partial charge >= 0.3 is 6.03 Å². The molecule has 2 fully saturated rings. The van der Waals surface area contributed by atoms with Crippen molar-refractivity contribution in [2.24, 2.45) is 0 Å². The van der Waals surface area contributed by atoms with Crippen LogP contribution in [0, 0.1) is 0 Å². The van der Waals surface area contributed by atoms with Gasteiger partial charge in [0.2, 0.25) is 0 Å². The minimum absolute atomic E-state index is 0.118. The van der Waals surface area contributed by atoms with Crippen LogP contribution in [0.2, 0.25) is 0 Å². The zero-order valence-electron chi connectivity index (χ0n) is 21.6. The normalized spacial score (nSPS) is 20.5. The molecule has 39 heavy (non-hydrogen) atoms. The SMILES string of the molecule is CN1CCCC1CCNC(=O)c1ccc(-c2[nH]nc3c2C(=O)c2c(NC(=O)NC4CNCCO4)cccc2-3)s1. The van der Waals surface area contributed by atoms with E-state index in [1.54, 1.807) is 18.2 Å². The molecule has 2 atom stereocenters. The van der Waals surface area contributed by atoms with Gasteiger partial charge in [-0.25, -0.2) is 4.79 Å². The average molecular weight is 550 g/mol. The summed E-state index contributed by atoms with van der Waals surface area (Å²) in [5.41, 5.74) is 3.00. The number of aromatic amines is 1. The van der Waals surface area contributed by atoms with Crippen LogP contribution in [0.1, 0.15) is 44.9 Å². The molecule has 2 aromatic heterocycles. The molecule has 2 aliphatic heterocycles. The quantitative estimate of drug-likeness (QED) is 0.239. The molecule has 0 saturated carbocycles. The Morgan fingerprint density at radius 2 is 2.13 bits per heavy atom. The summed E-state index contributed by atoms with van der Waals surface area (Å²) in [6, 6.07) is 8.96. The lowest BCUT2D eigenvalue weighted by atomic mass is 10.1. The van der Waals surface area contributed by atoms with E-state index in [-0.39, 0.29) is 11.7 Å². The summed E-state index contributed by atoms with van der Waals surface area (Å²) in [6.07, 6.45) is 2.87. The molecule has 4 heterocycles. The Morgan fingerprint density at radius 3 is 2.92 bits per heavy atom. The molecule has 3 aliphatic rings. The first kappa shape index (κ1) is 25.7. The van der Waals surface area contributed by atoms with E-state index < -0.39 is 12.3 Å². The Bertz CT molecular complexity index is 1410. The number of H-pyrrole nitrogens is 1. The number of morpholine rings is 1. The summed E-state index contributed by atoms with van der Waals surface area (Å²) >= 11 is 1.32. The van der Waals surface area contributed by atoms with Gasteiger partial charge in [-0.3, -0.25) is 14.7 Å². The first-order chi connectivity index (χ1) is 19.0. The molecule has 3 aromatic rings. The number of rotatable bonds is 7. The second-order valence-corrected chi connectivity index (χ2v) is 11.1. The number of carbonyl (C=O) groups is 3. The minimum Gasteiger partial charge on any atom is -0.356 e. The molecule has 2 unspecified atom stereocenters. The molecule has 6 rings (SSSR count). The van der Waals surface area contributed by atoms with Gasteiger partial charge in [-0.1, -0.05) is 12.1 Å². The number of hydrogen-bond donors (Lipinski definition) is 5. The van der Waals surface area contributed by atoms with Gasteiger partial charge in [0, 0.05) is 31.2 Å². The number of ether oxygens (including phenoxy) is 1. The van der Waals surface area contributed by atoms with Crippen molar-refractivity contribution in [2.45, 2.75) is 31.5 Å². The van der Waals surface area contributed by atoms with Crippen molar-refractivity contribution in [2.75, 3.05) is 45.2 Å². The number of anilines is 1.